The Kier molecular flexibility index (Phi) is 3.44. The molecule has 3 nitrogen and oxygen atoms in total. The highest BCUT2D eigenvalue weighted by molar-refractivity contribution is 5.17. The third-order valence-corrected chi connectivity index (χ3v) is 3.72. The first-order valence-corrected chi connectivity index (χ1v) is 6.17. The molecule has 2 rings (SSSR count). The fourth-order valence-corrected chi connectivity index (χ4v) is 2.21. The van der Waals surface area contributed by atoms with Crippen molar-refractivity contribution in [3.8, 4) is 6.07 Å². The molecular formula is C14H19N3. The minimum absolute atomic E-state index is 0.115. The standard InChI is InChI=1S/C14H19N3/c1-12-4-3-7-16-13(12)10-17-8-5-14(2,11-15)6-9-17/h3-4,7H,5-6,8-10H2,1-2H3. The largest absolute Gasteiger partial charge is 0.297 e. The minimum Gasteiger partial charge on any atom is -0.297 e. The van der Waals surface area contributed by atoms with Crippen LogP contribution in [-0.4, -0.2) is 23.0 Å². The summed E-state index contributed by atoms with van der Waals surface area (Å²) in [7, 11) is 0. The van der Waals surface area contributed by atoms with Crippen molar-refractivity contribution in [2.24, 2.45) is 5.41 Å². The van der Waals surface area contributed by atoms with Crippen molar-refractivity contribution in [1.82, 2.24) is 9.88 Å². The van der Waals surface area contributed by atoms with Gasteiger partial charge in [-0.05, 0) is 38.3 Å². The molecule has 1 aromatic rings. The highest BCUT2D eigenvalue weighted by Gasteiger charge is 2.29. The minimum atomic E-state index is -0.115. The Morgan fingerprint density at radius 1 is 1.47 bits per heavy atom. The van der Waals surface area contributed by atoms with Crippen LogP contribution in [0.1, 0.15) is 31.0 Å². The second-order valence-corrected chi connectivity index (χ2v) is 5.22. The smallest absolute Gasteiger partial charge is 0.0687 e. The Morgan fingerprint density at radius 3 is 2.76 bits per heavy atom. The second kappa shape index (κ2) is 4.85. The molecule has 0 amide bonds. The molecule has 1 fully saturated rings. The second-order valence-electron chi connectivity index (χ2n) is 5.22. The monoisotopic (exact) mass is 229 g/mol. The van der Waals surface area contributed by atoms with Gasteiger partial charge < -0.3 is 0 Å². The molecule has 0 N–H and O–H groups in total. The number of piperidine rings is 1. The van der Waals surface area contributed by atoms with E-state index in [1.54, 1.807) is 0 Å². The molecule has 0 atom stereocenters. The maximum Gasteiger partial charge on any atom is 0.0687 e. The molecule has 1 aliphatic rings. The van der Waals surface area contributed by atoms with E-state index < -0.39 is 0 Å². The van der Waals surface area contributed by atoms with Gasteiger partial charge in [-0.3, -0.25) is 9.88 Å². The van der Waals surface area contributed by atoms with E-state index in [1.807, 2.05) is 12.3 Å². The summed E-state index contributed by atoms with van der Waals surface area (Å²) < 4.78 is 0. The number of hydrogen-bond acceptors (Lipinski definition) is 3. The Hall–Kier alpha value is -1.40. The predicted octanol–water partition coefficient (Wildman–Crippen LogP) is 2.52. The molecule has 1 aromatic heterocycles. The van der Waals surface area contributed by atoms with Crippen molar-refractivity contribution in [1.29, 1.82) is 5.26 Å². The number of pyridine rings is 1. The van der Waals surface area contributed by atoms with E-state index in [0.717, 1.165) is 38.2 Å². The molecule has 0 unspecified atom stereocenters. The summed E-state index contributed by atoms with van der Waals surface area (Å²) in [5.41, 5.74) is 2.30. The average molecular weight is 229 g/mol. The van der Waals surface area contributed by atoms with Crippen LogP contribution in [0.15, 0.2) is 18.3 Å². The lowest BCUT2D eigenvalue weighted by atomic mass is 9.82. The van der Waals surface area contributed by atoms with E-state index in [-0.39, 0.29) is 5.41 Å². The summed E-state index contributed by atoms with van der Waals surface area (Å²) in [6.07, 6.45) is 3.79. The van der Waals surface area contributed by atoms with Crippen LogP contribution in [0.25, 0.3) is 0 Å². The quantitative estimate of drug-likeness (QED) is 0.782. The van der Waals surface area contributed by atoms with Crippen LogP contribution in [0, 0.1) is 23.7 Å². The van der Waals surface area contributed by atoms with Gasteiger partial charge in [-0.2, -0.15) is 5.26 Å². The van der Waals surface area contributed by atoms with Gasteiger partial charge in [0.15, 0.2) is 0 Å². The normalized spacial score (nSPS) is 19.8. The van der Waals surface area contributed by atoms with Crippen LogP contribution in [-0.2, 0) is 6.54 Å². The molecule has 0 aliphatic carbocycles. The van der Waals surface area contributed by atoms with E-state index in [2.05, 4.69) is 35.9 Å². The zero-order chi connectivity index (χ0) is 12.3. The highest BCUT2D eigenvalue weighted by atomic mass is 15.1. The van der Waals surface area contributed by atoms with Crippen LogP contribution in [0.3, 0.4) is 0 Å². The molecule has 90 valence electrons. The van der Waals surface area contributed by atoms with Crippen molar-refractivity contribution in [3.05, 3.63) is 29.6 Å². The van der Waals surface area contributed by atoms with Gasteiger partial charge in [0.25, 0.3) is 0 Å². The van der Waals surface area contributed by atoms with Crippen LogP contribution in [0.4, 0.5) is 0 Å². The fourth-order valence-electron chi connectivity index (χ4n) is 2.21. The Bertz CT molecular complexity index is 425. The summed E-state index contributed by atoms with van der Waals surface area (Å²) in [5, 5.41) is 9.09. The molecule has 2 heterocycles. The Morgan fingerprint density at radius 2 is 2.18 bits per heavy atom. The number of nitrogens with zero attached hydrogens (tertiary/aromatic N) is 3. The molecule has 0 spiro atoms. The molecular weight excluding hydrogens is 210 g/mol. The molecule has 1 aliphatic heterocycles. The number of likely N-dealkylation sites (tertiary alicyclic amines) is 1. The third kappa shape index (κ3) is 2.83. The van der Waals surface area contributed by atoms with Gasteiger partial charge in [-0.25, -0.2) is 0 Å². The number of hydrogen-bond donors (Lipinski definition) is 0. The molecule has 0 bridgehead atoms. The van der Waals surface area contributed by atoms with Crippen LogP contribution in [0.5, 0.6) is 0 Å². The lowest BCUT2D eigenvalue weighted by Crippen LogP contribution is -2.37. The van der Waals surface area contributed by atoms with Gasteiger partial charge >= 0.3 is 0 Å². The zero-order valence-corrected chi connectivity index (χ0v) is 10.6. The van der Waals surface area contributed by atoms with Crippen molar-refractivity contribution < 1.29 is 0 Å². The molecule has 1 saturated heterocycles. The van der Waals surface area contributed by atoms with Crippen LogP contribution >= 0.6 is 0 Å². The number of aromatic nitrogens is 1. The van der Waals surface area contributed by atoms with Gasteiger partial charge in [0.2, 0.25) is 0 Å². The SMILES string of the molecule is Cc1cccnc1CN1CCC(C)(C#N)CC1. The maximum atomic E-state index is 9.09. The Labute approximate surface area is 103 Å². The topological polar surface area (TPSA) is 39.9 Å². The van der Waals surface area contributed by atoms with Crippen molar-refractivity contribution in [2.75, 3.05) is 13.1 Å². The van der Waals surface area contributed by atoms with Crippen molar-refractivity contribution in [2.45, 2.75) is 33.2 Å². The fraction of sp³-hybridized carbons (Fsp3) is 0.571. The van der Waals surface area contributed by atoms with E-state index >= 15 is 0 Å². The van der Waals surface area contributed by atoms with Crippen molar-refractivity contribution in [3.63, 3.8) is 0 Å². The summed E-state index contributed by atoms with van der Waals surface area (Å²) in [5.74, 6) is 0. The molecule has 0 radical (unpaired) electrons. The van der Waals surface area contributed by atoms with Gasteiger partial charge in [0.05, 0.1) is 17.2 Å². The summed E-state index contributed by atoms with van der Waals surface area (Å²) in [6, 6.07) is 6.51. The first-order chi connectivity index (χ1) is 8.13. The summed E-state index contributed by atoms with van der Waals surface area (Å²) >= 11 is 0. The number of nitriles is 1. The molecule has 0 aromatic carbocycles. The zero-order valence-electron chi connectivity index (χ0n) is 10.6. The number of rotatable bonds is 2. The Balaban J connectivity index is 1.95. The molecule has 17 heavy (non-hydrogen) atoms. The lowest BCUT2D eigenvalue weighted by Gasteiger charge is -2.34. The lowest BCUT2D eigenvalue weighted by molar-refractivity contribution is 0.149. The maximum absolute atomic E-state index is 9.09. The first-order valence-electron chi connectivity index (χ1n) is 6.17. The van der Waals surface area contributed by atoms with Gasteiger partial charge in [0, 0.05) is 25.8 Å². The average Bonchev–Trinajstić information content (AvgIpc) is 2.35. The molecule has 0 saturated carbocycles. The number of aryl methyl sites for hydroxylation is 1. The highest BCUT2D eigenvalue weighted by Crippen LogP contribution is 2.30. The van der Waals surface area contributed by atoms with Gasteiger partial charge in [-0.15, -0.1) is 0 Å². The summed E-state index contributed by atoms with van der Waals surface area (Å²) in [6.45, 7) is 7.08. The van der Waals surface area contributed by atoms with Gasteiger partial charge in [-0.1, -0.05) is 6.07 Å². The van der Waals surface area contributed by atoms with Crippen LogP contribution in [0.2, 0.25) is 0 Å². The van der Waals surface area contributed by atoms with Crippen molar-refractivity contribution >= 4 is 0 Å². The van der Waals surface area contributed by atoms with Crippen LogP contribution < -0.4 is 0 Å². The van der Waals surface area contributed by atoms with E-state index in [0.29, 0.717) is 0 Å². The third-order valence-electron chi connectivity index (χ3n) is 3.72. The molecule has 3 heteroatoms. The van der Waals surface area contributed by atoms with Gasteiger partial charge in [0.1, 0.15) is 0 Å². The van der Waals surface area contributed by atoms with E-state index in [9.17, 15) is 0 Å². The predicted molar refractivity (Wildman–Crippen MR) is 67.2 cm³/mol. The van der Waals surface area contributed by atoms with E-state index in [4.69, 9.17) is 5.26 Å². The first kappa shape index (κ1) is 12.1. The van der Waals surface area contributed by atoms with E-state index in [1.165, 1.54) is 5.56 Å². The summed E-state index contributed by atoms with van der Waals surface area (Å²) in [4.78, 5) is 6.82.